The molecule has 0 spiro atoms. The van der Waals surface area contributed by atoms with E-state index in [0.29, 0.717) is 37.5 Å². The highest BCUT2D eigenvalue weighted by Gasteiger charge is 2.28. The van der Waals surface area contributed by atoms with Crippen molar-refractivity contribution in [2.24, 2.45) is 0 Å². The molecule has 2 aromatic heterocycles. The van der Waals surface area contributed by atoms with E-state index >= 15 is 0 Å². The molecule has 0 saturated carbocycles. The number of imidazole rings is 1. The summed E-state index contributed by atoms with van der Waals surface area (Å²) in [6, 6.07) is 8.00. The monoisotopic (exact) mass is 989 g/mol. The van der Waals surface area contributed by atoms with Crippen LogP contribution in [0.4, 0.5) is 5.82 Å². The predicted molar refractivity (Wildman–Crippen MR) is 306 cm³/mol. The van der Waals surface area contributed by atoms with Crippen molar-refractivity contribution in [1.29, 1.82) is 0 Å². The van der Waals surface area contributed by atoms with Gasteiger partial charge in [-0.15, -0.1) is 0 Å². The van der Waals surface area contributed by atoms with Crippen LogP contribution in [-0.2, 0) is 27.4 Å². The van der Waals surface area contributed by atoms with E-state index in [0.717, 1.165) is 54.6 Å². The summed E-state index contributed by atoms with van der Waals surface area (Å²) in [7, 11) is 0. The Balaban J connectivity index is 1.38. The number of hydrogen-bond acceptors (Lipinski definition) is 8. The van der Waals surface area contributed by atoms with E-state index in [9.17, 15) is 4.79 Å². The normalized spacial score (nSPS) is 12.2. The highest BCUT2D eigenvalue weighted by atomic mass is 16.6. The molecule has 3 rings (SSSR count). The van der Waals surface area contributed by atoms with Gasteiger partial charge in [0.15, 0.2) is 5.82 Å². The minimum Gasteiger partial charge on any atom is -0.458 e. The molecule has 0 aliphatic rings. The highest BCUT2D eigenvalue weighted by Crippen LogP contribution is 2.31. The minimum absolute atomic E-state index is 0.139. The molecule has 0 radical (unpaired) electrons. The van der Waals surface area contributed by atoms with Crippen LogP contribution in [0.25, 0.3) is 21.9 Å². The maximum absolute atomic E-state index is 13.4. The molecule has 71 heavy (non-hydrogen) atoms. The van der Waals surface area contributed by atoms with Gasteiger partial charge in [0.2, 0.25) is 0 Å². The molecule has 1 aromatic carbocycles. The third kappa shape index (κ3) is 28.5. The molecule has 9 nitrogen and oxygen atoms in total. The van der Waals surface area contributed by atoms with Gasteiger partial charge in [-0.1, -0.05) is 225 Å². The van der Waals surface area contributed by atoms with Crippen molar-refractivity contribution in [2.75, 3.05) is 51.6 Å². The maximum Gasteiger partial charge on any atom is 0.306 e. The lowest BCUT2D eigenvalue weighted by Gasteiger charge is -2.27. The molecule has 2 heterocycles. The molecule has 408 valence electrons. The van der Waals surface area contributed by atoms with E-state index < -0.39 is 5.60 Å². The van der Waals surface area contributed by atoms with Crippen molar-refractivity contribution in [3.63, 3.8) is 0 Å². The molecule has 0 bridgehead atoms. The van der Waals surface area contributed by atoms with Crippen molar-refractivity contribution < 1.29 is 14.3 Å². The minimum atomic E-state index is -0.757. The number of fused-ring (bicyclic) bond motifs is 3. The van der Waals surface area contributed by atoms with Gasteiger partial charge < -0.3 is 29.6 Å². The molecule has 3 aromatic rings. The Bertz CT molecular complexity index is 1740. The zero-order valence-corrected chi connectivity index (χ0v) is 47.5. The Morgan fingerprint density at radius 3 is 1.45 bits per heavy atom. The lowest BCUT2D eigenvalue weighted by molar-refractivity contribution is -0.157. The molecular formula is C62H112N6O3. The van der Waals surface area contributed by atoms with E-state index in [2.05, 4.69) is 46.2 Å². The summed E-state index contributed by atoms with van der Waals surface area (Å²) in [6.45, 7) is 21.4. The number of anilines is 1. The Labute approximate surface area is 437 Å². The third-order valence-electron chi connectivity index (χ3n) is 15.0. The molecule has 0 aliphatic heterocycles. The molecule has 0 fully saturated rings. The van der Waals surface area contributed by atoms with Gasteiger partial charge >= 0.3 is 5.97 Å². The number of aromatic nitrogens is 3. The molecule has 2 N–H and O–H groups in total. The second-order valence-electron chi connectivity index (χ2n) is 22.0. The number of ether oxygens (including phenoxy) is 2. The Hall–Kier alpha value is -2.75. The van der Waals surface area contributed by atoms with Crippen molar-refractivity contribution in [1.82, 2.24) is 24.3 Å². The molecular weight excluding hydrogens is 877 g/mol. The van der Waals surface area contributed by atoms with Crippen LogP contribution >= 0.6 is 0 Å². The van der Waals surface area contributed by atoms with E-state index in [-0.39, 0.29) is 5.97 Å². The van der Waals surface area contributed by atoms with Crippen LogP contribution in [0.2, 0.25) is 0 Å². The van der Waals surface area contributed by atoms with Crippen LogP contribution < -0.4 is 5.73 Å². The number of nitrogen functional groups attached to an aromatic ring is 1. The fraction of sp³-hybridized carbons (Fsp3) is 0.823. The fourth-order valence-corrected chi connectivity index (χ4v) is 10.6. The van der Waals surface area contributed by atoms with Crippen LogP contribution in [0.5, 0.6) is 0 Å². The number of unbranched alkanes of at least 4 members (excludes halogenated alkanes) is 30. The summed E-state index contributed by atoms with van der Waals surface area (Å²) in [5.74, 6) is 1.01. The first kappa shape index (κ1) is 62.5. The van der Waals surface area contributed by atoms with Gasteiger partial charge in [-0.05, 0) is 98.2 Å². The molecule has 0 aliphatic carbocycles. The molecule has 0 atom stereocenters. The SMILES string of the molecule is CCCCCCCCCCCCCCCCCN(CC)CCCN(CCCCCCCCCCCCCCCCC)CCCCCC(=O)OC(C)(C)Cn1c(COCC)nc2c(N)nc3ccccc3c21. The van der Waals surface area contributed by atoms with E-state index in [4.69, 9.17) is 20.2 Å². The maximum atomic E-state index is 13.4. The molecule has 9 heteroatoms. The number of benzene rings is 1. The van der Waals surface area contributed by atoms with Gasteiger partial charge in [0.25, 0.3) is 0 Å². The first-order valence-corrected chi connectivity index (χ1v) is 30.5. The zero-order valence-electron chi connectivity index (χ0n) is 47.5. The quantitative estimate of drug-likeness (QED) is 0.0441. The number of para-hydroxylation sites is 1. The van der Waals surface area contributed by atoms with Gasteiger partial charge in [0.1, 0.15) is 23.5 Å². The fourth-order valence-electron chi connectivity index (χ4n) is 10.6. The number of nitrogens with two attached hydrogens (primary N) is 1. The predicted octanol–water partition coefficient (Wildman–Crippen LogP) is 17.3. The molecule has 0 amide bonds. The van der Waals surface area contributed by atoms with E-state index in [1.165, 1.54) is 225 Å². The van der Waals surface area contributed by atoms with Gasteiger partial charge in [0, 0.05) is 18.4 Å². The largest absolute Gasteiger partial charge is 0.458 e. The Kier molecular flexibility index (Phi) is 35.8. The number of carbonyl (C=O) groups is 1. The highest BCUT2D eigenvalue weighted by molar-refractivity contribution is 6.06. The van der Waals surface area contributed by atoms with Crippen molar-refractivity contribution in [3.8, 4) is 0 Å². The van der Waals surface area contributed by atoms with Crippen LogP contribution in [0, 0.1) is 0 Å². The van der Waals surface area contributed by atoms with Gasteiger partial charge in [0.05, 0.1) is 17.6 Å². The summed E-state index contributed by atoms with van der Waals surface area (Å²) >= 11 is 0. The van der Waals surface area contributed by atoms with Crippen molar-refractivity contribution in [3.05, 3.63) is 30.1 Å². The van der Waals surface area contributed by atoms with Crippen molar-refractivity contribution >= 4 is 33.7 Å². The second-order valence-corrected chi connectivity index (χ2v) is 22.0. The standard InChI is InChI=1S/C62H112N6O3/c1-7-11-13-15-17-19-21-23-25-27-29-31-33-35-41-48-66(9-3)51-44-52-67(49-42-36-34-32-30-28-26-24-22-20-18-16-14-12-8-2)50-43-37-38-47-58(69)71-62(5,6)54-68-57(53-70-10-4)65-59-60(68)55-45-39-40-46-56(55)64-61(59)63/h39-40,45-46H,7-38,41-44,47-54H2,1-6H3,(H2,63,64). The van der Waals surface area contributed by atoms with Crippen molar-refractivity contribution in [2.45, 2.75) is 285 Å². The third-order valence-corrected chi connectivity index (χ3v) is 15.0. The number of esters is 1. The first-order chi connectivity index (χ1) is 34.7. The number of nitrogens with zero attached hydrogens (tertiary/aromatic N) is 5. The van der Waals surface area contributed by atoms with Gasteiger partial charge in [-0.2, -0.15) is 0 Å². The average molecular weight is 990 g/mol. The smallest absolute Gasteiger partial charge is 0.306 e. The summed E-state index contributed by atoms with van der Waals surface area (Å²) in [5.41, 5.74) is 8.06. The lowest BCUT2D eigenvalue weighted by Crippen LogP contribution is -2.34. The number of hydrogen-bond donors (Lipinski definition) is 1. The van der Waals surface area contributed by atoms with Crippen LogP contribution in [0.3, 0.4) is 0 Å². The summed E-state index contributed by atoms with van der Waals surface area (Å²) in [6.07, 6.45) is 47.0. The van der Waals surface area contributed by atoms with Gasteiger partial charge in [-0.25, -0.2) is 9.97 Å². The molecule has 0 saturated heterocycles. The summed E-state index contributed by atoms with van der Waals surface area (Å²) in [4.78, 5) is 28.3. The van der Waals surface area contributed by atoms with Gasteiger partial charge in [-0.3, -0.25) is 4.79 Å². The van der Waals surface area contributed by atoms with Crippen LogP contribution in [-0.4, -0.2) is 81.8 Å². The summed E-state index contributed by atoms with van der Waals surface area (Å²) < 4.78 is 14.1. The van der Waals surface area contributed by atoms with E-state index in [1.807, 2.05) is 39.0 Å². The second kappa shape index (κ2) is 40.6. The number of pyridine rings is 1. The first-order valence-electron chi connectivity index (χ1n) is 30.5. The Morgan fingerprint density at radius 2 is 0.972 bits per heavy atom. The molecule has 0 unspecified atom stereocenters. The average Bonchev–Trinajstić information content (AvgIpc) is 3.72. The topological polar surface area (TPSA) is 98.7 Å². The Morgan fingerprint density at radius 1 is 0.549 bits per heavy atom. The summed E-state index contributed by atoms with van der Waals surface area (Å²) in [5, 5.41) is 0.973. The van der Waals surface area contributed by atoms with E-state index in [1.54, 1.807) is 0 Å². The lowest BCUT2D eigenvalue weighted by atomic mass is 10.0. The number of carbonyl (C=O) groups excluding carboxylic acids is 1. The number of rotatable bonds is 49. The van der Waals surface area contributed by atoms with Crippen LogP contribution in [0.15, 0.2) is 24.3 Å². The van der Waals surface area contributed by atoms with Crippen LogP contribution in [0.1, 0.15) is 272 Å². The zero-order chi connectivity index (χ0) is 51.0.